The van der Waals surface area contributed by atoms with Crippen LogP contribution in [-0.2, 0) is 6.54 Å². The molecular weight excluding hydrogens is 271 g/mol. The highest BCUT2D eigenvalue weighted by molar-refractivity contribution is 5.95. The maximum Gasteiger partial charge on any atom is 0.188 e. The van der Waals surface area contributed by atoms with E-state index < -0.39 is 0 Å². The van der Waals surface area contributed by atoms with Crippen molar-refractivity contribution in [2.24, 2.45) is 10.9 Å². The first-order valence-electron chi connectivity index (χ1n) is 6.58. The zero-order chi connectivity index (χ0) is 15.2. The number of oxime groups is 1. The Hall–Kier alpha value is -2.63. The van der Waals surface area contributed by atoms with Crippen molar-refractivity contribution in [3.63, 3.8) is 0 Å². The Bertz CT molecular complexity index is 645. The molecule has 0 spiro atoms. The van der Waals surface area contributed by atoms with Crippen molar-refractivity contribution in [2.75, 3.05) is 11.4 Å². The highest BCUT2D eigenvalue weighted by atomic mass is 19.1. The van der Waals surface area contributed by atoms with Crippen LogP contribution in [0, 0.1) is 5.82 Å². The van der Waals surface area contributed by atoms with E-state index in [0.717, 1.165) is 5.56 Å². The predicted octanol–water partition coefficient (Wildman–Crippen LogP) is 2.34. The van der Waals surface area contributed by atoms with Gasteiger partial charge in [0.25, 0.3) is 0 Å². The average molecular weight is 288 g/mol. The van der Waals surface area contributed by atoms with Crippen molar-refractivity contribution in [3.8, 4) is 0 Å². The number of pyridine rings is 1. The molecule has 0 fully saturated rings. The van der Waals surface area contributed by atoms with Crippen LogP contribution in [0.15, 0.2) is 47.8 Å². The normalized spacial score (nSPS) is 11.4. The molecule has 5 nitrogen and oxygen atoms in total. The van der Waals surface area contributed by atoms with Gasteiger partial charge in [0.2, 0.25) is 0 Å². The van der Waals surface area contributed by atoms with Crippen LogP contribution in [-0.4, -0.2) is 22.6 Å². The molecular formula is C15H17FN4O. The zero-order valence-corrected chi connectivity index (χ0v) is 11.7. The highest BCUT2D eigenvalue weighted by Crippen LogP contribution is 2.20. The Morgan fingerprint density at radius 2 is 2.14 bits per heavy atom. The molecule has 2 rings (SSSR count). The van der Waals surface area contributed by atoms with E-state index in [-0.39, 0.29) is 11.7 Å². The minimum absolute atomic E-state index is 0.0502. The monoisotopic (exact) mass is 288 g/mol. The second kappa shape index (κ2) is 6.69. The topological polar surface area (TPSA) is 74.7 Å². The van der Waals surface area contributed by atoms with Gasteiger partial charge >= 0.3 is 0 Å². The number of hydrogen-bond donors (Lipinski definition) is 2. The summed E-state index contributed by atoms with van der Waals surface area (Å²) < 4.78 is 13.9. The second-order valence-corrected chi connectivity index (χ2v) is 4.50. The van der Waals surface area contributed by atoms with E-state index in [0.29, 0.717) is 24.5 Å². The highest BCUT2D eigenvalue weighted by Gasteiger charge is 2.11. The average Bonchev–Trinajstić information content (AvgIpc) is 2.53. The van der Waals surface area contributed by atoms with E-state index in [1.165, 1.54) is 6.07 Å². The standard InChI is InChI=1S/C15H17FN4O/c1-2-20(14-6-4-3-5-12(14)16)10-11-7-8-18-13(9-11)15(17)19-21/h3-9,21H,2,10H2,1H3,(H2,17,19). The van der Waals surface area contributed by atoms with Gasteiger partial charge in [0.15, 0.2) is 5.84 Å². The lowest BCUT2D eigenvalue weighted by Gasteiger charge is -2.23. The number of hydrogen-bond acceptors (Lipinski definition) is 4. The summed E-state index contributed by atoms with van der Waals surface area (Å²) in [5.41, 5.74) is 7.36. The van der Waals surface area contributed by atoms with Crippen LogP contribution in [0.5, 0.6) is 0 Å². The molecule has 2 aromatic rings. The van der Waals surface area contributed by atoms with Crippen LogP contribution in [0.1, 0.15) is 18.2 Å². The third-order valence-corrected chi connectivity index (χ3v) is 3.14. The summed E-state index contributed by atoms with van der Waals surface area (Å²) in [5.74, 6) is -0.309. The lowest BCUT2D eigenvalue weighted by Crippen LogP contribution is -2.23. The van der Waals surface area contributed by atoms with Gasteiger partial charge in [-0.3, -0.25) is 4.98 Å². The summed E-state index contributed by atoms with van der Waals surface area (Å²) in [6.07, 6.45) is 1.58. The number of halogens is 1. The van der Waals surface area contributed by atoms with E-state index in [2.05, 4.69) is 10.1 Å². The molecule has 0 unspecified atom stereocenters. The Kier molecular flexibility index (Phi) is 4.71. The number of rotatable bonds is 5. The molecule has 0 amide bonds. The molecule has 1 aromatic carbocycles. The van der Waals surface area contributed by atoms with Gasteiger partial charge in [-0.25, -0.2) is 4.39 Å². The lowest BCUT2D eigenvalue weighted by molar-refractivity contribution is 0.318. The maximum atomic E-state index is 13.9. The molecule has 1 aromatic heterocycles. The van der Waals surface area contributed by atoms with Gasteiger partial charge in [0, 0.05) is 19.3 Å². The van der Waals surface area contributed by atoms with E-state index in [9.17, 15) is 4.39 Å². The SMILES string of the molecule is CCN(Cc1ccnc(C(N)=NO)c1)c1ccccc1F. The number of benzene rings is 1. The third-order valence-electron chi connectivity index (χ3n) is 3.14. The number of nitrogens with zero attached hydrogens (tertiary/aromatic N) is 3. The van der Waals surface area contributed by atoms with Gasteiger partial charge in [-0.1, -0.05) is 17.3 Å². The molecule has 0 atom stereocenters. The Morgan fingerprint density at radius 1 is 1.38 bits per heavy atom. The van der Waals surface area contributed by atoms with Gasteiger partial charge in [-0.05, 0) is 36.8 Å². The Balaban J connectivity index is 2.25. The van der Waals surface area contributed by atoms with E-state index in [4.69, 9.17) is 10.9 Å². The second-order valence-electron chi connectivity index (χ2n) is 4.50. The fourth-order valence-electron chi connectivity index (χ4n) is 2.06. The van der Waals surface area contributed by atoms with Crippen molar-refractivity contribution in [2.45, 2.75) is 13.5 Å². The molecule has 0 saturated carbocycles. The molecule has 1 heterocycles. The van der Waals surface area contributed by atoms with Crippen LogP contribution in [0.2, 0.25) is 0 Å². The molecule has 6 heteroatoms. The van der Waals surface area contributed by atoms with Gasteiger partial charge in [-0.15, -0.1) is 0 Å². The molecule has 21 heavy (non-hydrogen) atoms. The van der Waals surface area contributed by atoms with Crippen molar-refractivity contribution < 1.29 is 9.60 Å². The van der Waals surface area contributed by atoms with Crippen molar-refractivity contribution in [1.82, 2.24) is 4.98 Å². The van der Waals surface area contributed by atoms with Crippen LogP contribution < -0.4 is 10.6 Å². The first kappa shape index (κ1) is 14.8. The van der Waals surface area contributed by atoms with Gasteiger partial charge in [0.1, 0.15) is 11.5 Å². The summed E-state index contributed by atoms with van der Waals surface area (Å²) in [6.45, 7) is 3.12. The molecule has 0 aliphatic carbocycles. The number of aromatic nitrogens is 1. The first-order chi connectivity index (χ1) is 10.2. The number of anilines is 1. The van der Waals surface area contributed by atoms with E-state index >= 15 is 0 Å². The van der Waals surface area contributed by atoms with Crippen LogP contribution >= 0.6 is 0 Å². The largest absolute Gasteiger partial charge is 0.409 e. The fourth-order valence-corrected chi connectivity index (χ4v) is 2.06. The fraction of sp³-hybridized carbons (Fsp3) is 0.200. The summed E-state index contributed by atoms with van der Waals surface area (Å²) in [6, 6.07) is 10.2. The van der Waals surface area contributed by atoms with Crippen LogP contribution in [0.4, 0.5) is 10.1 Å². The van der Waals surface area contributed by atoms with Crippen LogP contribution in [0.25, 0.3) is 0 Å². The van der Waals surface area contributed by atoms with Crippen molar-refractivity contribution >= 4 is 11.5 Å². The zero-order valence-electron chi connectivity index (χ0n) is 11.7. The number of amidine groups is 1. The third kappa shape index (κ3) is 3.47. The molecule has 0 aliphatic rings. The first-order valence-corrected chi connectivity index (χ1v) is 6.58. The van der Waals surface area contributed by atoms with Gasteiger partial charge < -0.3 is 15.8 Å². The molecule has 0 saturated heterocycles. The summed E-state index contributed by atoms with van der Waals surface area (Å²) in [7, 11) is 0. The number of para-hydroxylation sites is 1. The van der Waals surface area contributed by atoms with E-state index in [1.807, 2.05) is 17.9 Å². The van der Waals surface area contributed by atoms with Crippen LogP contribution in [0.3, 0.4) is 0 Å². The number of nitrogens with two attached hydrogens (primary N) is 1. The smallest absolute Gasteiger partial charge is 0.188 e. The van der Waals surface area contributed by atoms with Gasteiger partial charge in [-0.2, -0.15) is 0 Å². The summed E-state index contributed by atoms with van der Waals surface area (Å²) in [4.78, 5) is 5.93. The van der Waals surface area contributed by atoms with Crippen molar-refractivity contribution in [1.29, 1.82) is 0 Å². The molecule has 110 valence electrons. The maximum absolute atomic E-state index is 13.9. The van der Waals surface area contributed by atoms with Crippen molar-refractivity contribution in [3.05, 3.63) is 59.7 Å². The quantitative estimate of drug-likeness (QED) is 0.383. The Labute approximate surface area is 122 Å². The molecule has 3 N–H and O–H groups in total. The Morgan fingerprint density at radius 3 is 2.81 bits per heavy atom. The molecule has 0 aliphatic heterocycles. The minimum Gasteiger partial charge on any atom is -0.409 e. The van der Waals surface area contributed by atoms with E-state index in [1.54, 1.807) is 30.5 Å². The molecule has 0 bridgehead atoms. The minimum atomic E-state index is -0.259. The van der Waals surface area contributed by atoms with Gasteiger partial charge in [0.05, 0.1) is 5.69 Å². The summed E-state index contributed by atoms with van der Waals surface area (Å²) in [5, 5.41) is 11.6. The predicted molar refractivity (Wildman–Crippen MR) is 79.9 cm³/mol. The summed E-state index contributed by atoms with van der Waals surface area (Å²) >= 11 is 0. The lowest BCUT2D eigenvalue weighted by atomic mass is 10.2. The molecule has 0 radical (unpaired) electrons.